The summed E-state index contributed by atoms with van der Waals surface area (Å²) in [6.07, 6.45) is 6.23. The van der Waals surface area contributed by atoms with Gasteiger partial charge in [-0.25, -0.2) is 0 Å². The Bertz CT molecular complexity index is 1250. The number of rotatable bonds is 5. The van der Waals surface area contributed by atoms with E-state index in [2.05, 4.69) is 95.3 Å². The van der Waals surface area contributed by atoms with Gasteiger partial charge in [0.15, 0.2) is 0 Å². The zero-order valence-electron chi connectivity index (χ0n) is 20.6. The molecule has 4 rings (SSSR count). The molecule has 0 aliphatic heterocycles. The van der Waals surface area contributed by atoms with Crippen molar-refractivity contribution in [2.45, 2.75) is 51.9 Å². The van der Waals surface area contributed by atoms with E-state index in [0.29, 0.717) is 0 Å². The van der Waals surface area contributed by atoms with E-state index in [4.69, 9.17) is 5.11 Å². The van der Waals surface area contributed by atoms with Crippen molar-refractivity contribution in [2.75, 3.05) is 0 Å². The Morgan fingerprint density at radius 2 is 1.59 bits per heavy atom. The fourth-order valence-corrected chi connectivity index (χ4v) is 6.13. The van der Waals surface area contributed by atoms with Crippen LogP contribution < -0.4 is 8.92 Å². The topological polar surface area (TPSA) is 37.3 Å². The van der Waals surface area contributed by atoms with Crippen LogP contribution in [0.4, 0.5) is 0 Å². The average Bonchev–Trinajstić information content (AvgIpc) is 2.78. The molecule has 1 aliphatic carbocycles. The van der Waals surface area contributed by atoms with Crippen molar-refractivity contribution in [3.63, 3.8) is 0 Å². The number of fused-ring (bicyclic) bond motifs is 1. The van der Waals surface area contributed by atoms with Gasteiger partial charge in [0.25, 0.3) is 0 Å². The molecule has 1 N–H and O–H groups in total. The SMILES string of the molecule is CC(C)(C)c1ccc(C2=CCC(C)(C)c3cc([Se]c4ccc(C=CC(=O)O)cc4)ccc32)cc1. The van der Waals surface area contributed by atoms with Crippen LogP contribution in [-0.2, 0) is 15.6 Å². The van der Waals surface area contributed by atoms with Gasteiger partial charge in [0, 0.05) is 0 Å². The second-order valence-corrected chi connectivity index (χ2v) is 13.0. The minimum absolute atomic E-state index is 0.0990. The quantitative estimate of drug-likeness (QED) is 0.342. The Labute approximate surface area is 209 Å². The average molecular weight is 516 g/mol. The molecule has 0 saturated heterocycles. The Balaban J connectivity index is 1.61. The number of hydrogen-bond donors (Lipinski definition) is 1. The van der Waals surface area contributed by atoms with Gasteiger partial charge in [-0.05, 0) is 0 Å². The maximum atomic E-state index is 10.7. The maximum absolute atomic E-state index is 10.7. The first kappa shape index (κ1) is 24.3. The Kier molecular flexibility index (Phi) is 6.71. The number of allylic oxidation sites excluding steroid dienone is 1. The van der Waals surface area contributed by atoms with E-state index in [1.54, 1.807) is 6.08 Å². The van der Waals surface area contributed by atoms with Crippen molar-refractivity contribution in [1.29, 1.82) is 0 Å². The fraction of sp³-hybridized carbons (Fsp3) is 0.258. The normalized spacial score (nSPS) is 15.1. The van der Waals surface area contributed by atoms with E-state index in [1.165, 1.54) is 42.8 Å². The predicted octanol–water partition coefficient (Wildman–Crippen LogP) is 5.85. The summed E-state index contributed by atoms with van der Waals surface area (Å²) in [5.41, 5.74) is 7.90. The van der Waals surface area contributed by atoms with Crippen LogP contribution in [0, 0.1) is 0 Å². The van der Waals surface area contributed by atoms with Gasteiger partial charge in [-0.15, -0.1) is 0 Å². The molecule has 3 heteroatoms. The molecule has 3 aromatic rings. The number of carboxylic acid groups (broad SMARTS) is 1. The second kappa shape index (κ2) is 9.41. The molecule has 0 radical (unpaired) electrons. The van der Waals surface area contributed by atoms with E-state index >= 15 is 0 Å². The molecule has 0 bridgehead atoms. The third-order valence-electron chi connectivity index (χ3n) is 6.42. The molecule has 174 valence electrons. The van der Waals surface area contributed by atoms with Crippen LogP contribution in [0.1, 0.15) is 68.9 Å². The van der Waals surface area contributed by atoms with Gasteiger partial charge in [0.05, 0.1) is 0 Å². The van der Waals surface area contributed by atoms with Crippen molar-refractivity contribution < 1.29 is 9.90 Å². The van der Waals surface area contributed by atoms with E-state index in [1.807, 2.05) is 12.1 Å². The summed E-state index contributed by atoms with van der Waals surface area (Å²) in [6, 6.07) is 24.2. The Hall–Kier alpha value is -2.87. The Morgan fingerprint density at radius 3 is 2.21 bits per heavy atom. The molecule has 2 nitrogen and oxygen atoms in total. The number of hydrogen-bond acceptors (Lipinski definition) is 1. The van der Waals surface area contributed by atoms with E-state index in [-0.39, 0.29) is 25.8 Å². The molecule has 3 aromatic carbocycles. The van der Waals surface area contributed by atoms with Crippen molar-refractivity contribution in [3.8, 4) is 0 Å². The molecule has 0 saturated carbocycles. The molecule has 1 aliphatic rings. The van der Waals surface area contributed by atoms with Crippen molar-refractivity contribution >= 4 is 41.5 Å². The van der Waals surface area contributed by atoms with Crippen LogP contribution in [0.5, 0.6) is 0 Å². The molecule has 0 amide bonds. The second-order valence-electron chi connectivity index (χ2n) is 10.6. The van der Waals surface area contributed by atoms with Gasteiger partial charge >= 0.3 is 210 Å². The van der Waals surface area contributed by atoms with Crippen molar-refractivity contribution in [3.05, 3.63) is 107 Å². The minimum atomic E-state index is -0.927. The van der Waals surface area contributed by atoms with Gasteiger partial charge in [-0.3, -0.25) is 0 Å². The van der Waals surface area contributed by atoms with Gasteiger partial charge in [0.2, 0.25) is 0 Å². The molecule has 0 fully saturated rings. The summed E-state index contributed by atoms with van der Waals surface area (Å²) in [7, 11) is 0. The zero-order chi connectivity index (χ0) is 24.5. The monoisotopic (exact) mass is 516 g/mol. The predicted molar refractivity (Wildman–Crippen MR) is 144 cm³/mol. The molecule has 0 unspecified atom stereocenters. The number of carboxylic acids is 1. The first-order valence-electron chi connectivity index (χ1n) is 11.7. The summed E-state index contributed by atoms with van der Waals surface area (Å²) in [4.78, 5) is 10.7. The van der Waals surface area contributed by atoms with Gasteiger partial charge in [-0.2, -0.15) is 0 Å². The van der Waals surface area contributed by atoms with Gasteiger partial charge in [-0.1, -0.05) is 0 Å². The van der Waals surface area contributed by atoms with Crippen molar-refractivity contribution in [2.24, 2.45) is 0 Å². The molecule has 0 atom stereocenters. The molecule has 0 aromatic heterocycles. The summed E-state index contributed by atoms with van der Waals surface area (Å²) < 4.78 is 2.64. The summed E-state index contributed by atoms with van der Waals surface area (Å²) in [6.45, 7) is 11.4. The summed E-state index contributed by atoms with van der Waals surface area (Å²) >= 11 is 0.190. The zero-order valence-corrected chi connectivity index (χ0v) is 22.3. The number of carbonyl (C=O) groups is 1. The van der Waals surface area contributed by atoms with Crippen LogP contribution >= 0.6 is 0 Å². The molecular weight excluding hydrogens is 483 g/mol. The number of aliphatic carboxylic acids is 1. The first-order chi connectivity index (χ1) is 16.0. The summed E-state index contributed by atoms with van der Waals surface area (Å²) in [5, 5.41) is 8.81. The Morgan fingerprint density at radius 1 is 0.941 bits per heavy atom. The van der Waals surface area contributed by atoms with Crippen LogP contribution in [0.3, 0.4) is 0 Å². The molecule has 0 heterocycles. The van der Waals surface area contributed by atoms with Gasteiger partial charge in [0.1, 0.15) is 0 Å². The van der Waals surface area contributed by atoms with E-state index in [0.717, 1.165) is 12.0 Å². The molecule has 0 spiro atoms. The van der Waals surface area contributed by atoms with Crippen LogP contribution in [0.2, 0.25) is 0 Å². The number of benzene rings is 3. The third kappa shape index (κ3) is 5.43. The van der Waals surface area contributed by atoms with E-state index in [9.17, 15) is 4.79 Å². The molecule has 34 heavy (non-hydrogen) atoms. The van der Waals surface area contributed by atoms with Crippen LogP contribution in [0.15, 0.2) is 78.9 Å². The van der Waals surface area contributed by atoms with Gasteiger partial charge < -0.3 is 0 Å². The standard InChI is InChI=1S/C31H32O2Se/c1-30(2,3)23-11-9-22(10-12-23)26-18-19-31(4,5)28-20-25(15-16-27(26)28)34-24-13-6-21(7-14-24)8-17-29(32)33/h6-18,20H,19H2,1-5H3,(H,32,33). The fourth-order valence-electron chi connectivity index (χ4n) is 4.33. The third-order valence-corrected chi connectivity index (χ3v) is 8.52. The molecular formula is C31H32O2Se. The van der Waals surface area contributed by atoms with Crippen molar-refractivity contribution in [1.82, 2.24) is 0 Å². The van der Waals surface area contributed by atoms with E-state index < -0.39 is 5.97 Å². The van der Waals surface area contributed by atoms with Crippen LogP contribution in [0.25, 0.3) is 11.6 Å². The van der Waals surface area contributed by atoms with Crippen LogP contribution in [-0.4, -0.2) is 26.0 Å². The first-order valence-corrected chi connectivity index (χ1v) is 13.4. The summed E-state index contributed by atoms with van der Waals surface area (Å²) in [5.74, 6) is -0.927.